The van der Waals surface area contributed by atoms with Gasteiger partial charge < -0.3 is 10.1 Å². The molecule has 0 bridgehead atoms. The molecule has 0 aliphatic carbocycles. The first-order valence-corrected chi connectivity index (χ1v) is 8.62. The Morgan fingerprint density at radius 3 is 2.79 bits per heavy atom. The maximum absolute atomic E-state index is 11.9. The summed E-state index contributed by atoms with van der Waals surface area (Å²) in [6.07, 6.45) is 2.02. The van der Waals surface area contributed by atoms with Crippen molar-refractivity contribution >= 4 is 37.3 Å². The van der Waals surface area contributed by atoms with Crippen LogP contribution in [0.3, 0.4) is 0 Å². The van der Waals surface area contributed by atoms with Crippen molar-refractivity contribution in [3.63, 3.8) is 0 Å². The number of halogens is 1. The fourth-order valence-corrected chi connectivity index (χ4v) is 4.07. The Labute approximate surface area is 123 Å². The van der Waals surface area contributed by atoms with Gasteiger partial charge in [-0.3, -0.25) is 0 Å². The molecule has 0 saturated heterocycles. The van der Waals surface area contributed by atoms with Crippen LogP contribution >= 0.6 is 27.3 Å². The zero-order valence-electron chi connectivity index (χ0n) is 9.89. The third-order valence-electron chi connectivity index (χ3n) is 2.49. The number of nitrogens with one attached hydrogen (secondary N) is 2. The van der Waals surface area contributed by atoms with Crippen LogP contribution < -0.4 is 4.72 Å². The molecule has 104 valence electrons. The van der Waals surface area contributed by atoms with Crippen molar-refractivity contribution in [3.8, 4) is 0 Å². The monoisotopic (exact) mass is 364 g/mol. The lowest BCUT2D eigenvalue weighted by Gasteiger charge is -2.03. The average molecular weight is 365 g/mol. The number of aromatic nitrogens is 1. The summed E-state index contributed by atoms with van der Waals surface area (Å²) in [6, 6.07) is 5.32. The second-order valence-electron chi connectivity index (χ2n) is 3.87. The van der Waals surface area contributed by atoms with Crippen molar-refractivity contribution in [2.45, 2.75) is 17.9 Å². The van der Waals surface area contributed by atoms with Crippen LogP contribution in [0.25, 0.3) is 0 Å². The van der Waals surface area contributed by atoms with Gasteiger partial charge in [0.1, 0.15) is 0 Å². The Morgan fingerprint density at radius 2 is 2.21 bits per heavy atom. The zero-order chi connectivity index (χ0) is 13.9. The van der Waals surface area contributed by atoms with E-state index in [0.717, 1.165) is 8.66 Å². The standard InChI is InChI=1S/C11H13BrN2O3S2/c12-11-2-1-9(18-11)3-4-14-19(16,17)10-5-8(7-15)13-6-10/h1-2,5-6,13-15H,3-4,7H2. The second kappa shape index (κ2) is 6.19. The van der Waals surface area contributed by atoms with Crippen LogP contribution in [0.15, 0.2) is 33.1 Å². The molecule has 19 heavy (non-hydrogen) atoms. The van der Waals surface area contributed by atoms with Gasteiger partial charge in [-0.05, 0) is 40.5 Å². The highest BCUT2D eigenvalue weighted by Crippen LogP contribution is 2.22. The van der Waals surface area contributed by atoms with Gasteiger partial charge in [0, 0.05) is 23.3 Å². The summed E-state index contributed by atoms with van der Waals surface area (Å²) >= 11 is 4.95. The molecular weight excluding hydrogens is 352 g/mol. The van der Waals surface area contributed by atoms with Crippen molar-refractivity contribution in [1.82, 2.24) is 9.71 Å². The third-order valence-corrected chi connectivity index (χ3v) is 5.61. The number of hydrogen-bond acceptors (Lipinski definition) is 4. The number of sulfonamides is 1. The number of aliphatic hydroxyl groups is 1. The molecule has 8 heteroatoms. The number of aliphatic hydroxyl groups excluding tert-OH is 1. The van der Waals surface area contributed by atoms with Crippen molar-refractivity contribution in [2.75, 3.05) is 6.54 Å². The summed E-state index contributed by atoms with van der Waals surface area (Å²) in [5.41, 5.74) is 0.475. The van der Waals surface area contributed by atoms with Gasteiger partial charge >= 0.3 is 0 Å². The number of aromatic amines is 1. The molecule has 0 aliphatic heterocycles. The molecule has 0 atom stereocenters. The molecule has 0 radical (unpaired) electrons. The Morgan fingerprint density at radius 1 is 1.42 bits per heavy atom. The summed E-state index contributed by atoms with van der Waals surface area (Å²) in [4.78, 5) is 3.95. The molecule has 0 aliphatic rings. The first kappa shape index (κ1) is 14.7. The van der Waals surface area contributed by atoms with Gasteiger partial charge in [0.25, 0.3) is 0 Å². The molecule has 0 spiro atoms. The quantitative estimate of drug-likeness (QED) is 0.731. The van der Waals surface area contributed by atoms with Gasteiger partial charge in [-0.15, -0.1) is 11.3 Å². The van der Waals surface area contributed by atoms with Crippen LogP contribution in [0.2, 0.25) is 0 Å². The van der Waals surface area contributed by atoms with Gasteiger partial charge in [-0.1, -0.05) is 0 Å². The maximum Gasteiger partial charge on any atom is 0.242 e. The predicted octanol–water partition coefficient (Wildman–Crippen LogP) is 1.85. The van der Waals surface area contributed by atoms with E-state index in [2.05, 4.69) is 25.6 Å². The van der Waals surface area contributed by atoms with E-state index in [4.69, 9.17) is 5.11 Å². The molecule has 0 amide bonds. The summed E-state index contributed by atoms with van der Waals surface area (Å²) in [7, 11) is -3.51. The maximum atomic E-state index is 11.9. The minimum absolute atomic E-state index is 0.143. The zero-order valence-corrected chi connectivity index (χ0v) is 13.1. The predicted molar refractivity (Wildman–Crippen MR) is 77.6 cm³/mol. The normalized spacial score (nSPS) is 11.9. The van der Waals surface area contributed by atoms with Crippen LogP contribution in [-0.2, 0) is 23.1 Å². The highest BCUT2D eigenvalue weighted by molar-refractivity contribution is 9.11. The summed E-state index contributed by atoms with van der Waals surface area (Å²) in [5, 5.41) is 8.89. The molecular formula is C11H13BrN2O3S2. The molecule has 3 N–H and O–H groups in total. The van der Waals surface area contributed by atoms with Crippen LogP contribution in [0.1, 0.15) is 10.6 Å². The van der Waals surface area contributed by atoms with Crippen LogP contribution in [0.5, 0.6) is 0 Å². The molecule has 2 aromatic heterocycles. The fraction of sp³-hybridized carbons (Fsp3) is 0.273. The molecule has 2 rings (SSSR count). The van der Waals surface area contributed by atoms with E-state index < -0.39 is 10.0 Å². The molecule has 0 unspecified atom stereocenters. The number of rotatable bonds is 6. The molecule has 0 fully saturated rings. The van der Waals surface area contributed by atoms with E-state index in [1.165, 1.54) is 12.3 Å². The smallest absolute Gasteiger partial charge is 0.242 e. The average Bonchev–Trinajstić information content (AvgIpc) is 2.98. The highest BCUT2D eigenvalue weighted by Gasteiger charge is 2.15. The molecule has 2 heterocycles. The molecule has 2 aromatic rings. The van der Waals surface area contributed by atoms with Crippen LogP contribution in [0.4, 0.5) is 0 Å². The van der Waals surface area contributed by atoms with Gasteiger partial charge in [-0.2, -0.15) is 0 Å². The number of thiophene rings is 1. The van der Waals surface area contributed by atoms with E-state index in [-0.39, 0.29) is 11.5 Å². The molecule has 0 saturated carbocycles. The number of hydrogen-bond donors (Lipinski definition) is 3. The molecule has 5 nitrogen and oxygen atoms in total. The minimum atomic E-state index is -3.51. The van der Waals surface area contributed by atoms with E-state index >= 15 is 0 Å². The van der Waals surface area contributed by atoms with Gasteiger partial charge in [0.15, 0.2) is 0 Å². The minimum Gasteiger partial charge on any atom is -0.390 e. The van der Waals surface area contributed by atoms with Gasteiger partial charge in [-0.25, -0.2) is 13.1 Å². The Bertz CT molecular complexity index is 648. The van der Waals surface area contributed by atoms with Crippen LogP contribution in [0, 0.1) is 0 Å². The first-order valence-electron chi connectivity index (χ1n) is 5.53. The van der Waals surface area contributed by atoms with Crippen LogP contribution in [-0.4, -0.2) is 25.1 Å². The van der Waals surface area contributed by atoms with E-state index in [1.807, 2.05) is 12.1 Å². The van der Waals surface area contributed by atoms with E-state index in [1.54, 1.807) is 11.3 Å². The van der Waals surface area contributed by atoms with Crippen molar-refractivity contribution < 1.29 is 13.5 Å². The lowest BCUT2D eigenvalue weighted by Crippen LogP contribution is -2.25. The summed E-state index contributed by atoms with van der Waals surface area (Å²) in [5.74, 6) is 0. The summed E-state index contributed by atoms with van der Waals surface area (Å²) < 4.78 is 27.4. The van der Waals surface area contributed by atoms with Crippen molar-refractivity contribution in [1.29, 1.82) is 0 Å². The first-order chi connectivity index (χ1) is 9.01. The SMILES string of the molecule is O=S(=O)(NCCc1ccc(Br)s1)c1c[nH]c(CO)c1. The lowest BCUT2D eigenvalue weighted by molar-refractivity contribution is 0.277. The highest BCUT2D eigenvalue weighted by atomic mass is 79.9. The second-order valence-corrected chi connectivity index (χ2v) is 8.19. The molecule has 0 aromatic carbocycles. The number of H-pyrrole nitrogens is 1. The lowest BCUT2D eigenvalue weighted by atomic mass is 10.3. The Hall–Kier alpha value is -0.670. The van der Waals surface area contributed by atoms with Crippen molar-refractivity contribution in [3.05, 3.63) is 38.8 Å². The van der Waals surface area contributed by atoms with Crippen molar-refractivity contribution in [2.24, 2.45) is 0 Å². The van der Waals surface area contributed by atoms with E-state index in [0.29, 0.717) is 18.7 Å². The largest absolute Gasteiger partial charge is 0.390 e. The fourth-order valence-electron chi connectivity index (χ4n) is 1.54. The third kappa shape index (κ3) is 3.90. The summed E-state index contributed by atoms with van der Waals surface area (Å²) in [6.45, 7) is 0.133. The van der Waals surface area contributed by atoms with Gasteiger partial charge in [0.05, 0.1) is 15.3 Å². The topological polar surface area (TPSA) is 82.2 Å². The Kier molecular flexibility index (Phi) is 4.80. The van der Waals surface area contributed by atoms with Gasteiger partial charge in [0.2, 0.25) is 10.0 Å². The Balaban J connectivity index is 1.94. The van der Waals surface area contributed by atoms with E-state index in [9.17, 15) is 8.42 Å².